The van der Waals surface area contributed by atoms with Gasteiger partial charge in [0.25, 0.3) is 5.91 Å². The smallest absolute Gasteiger partial charge is 0.251 e. The number of likely N-dealkylation sites (tertiary alicyclic amines) is 1. The van der Waals surface area contributed by atoms with Crippen molar-refractivity contribution >= 4 is 5.91 Å². The number of aryl methyl sites for hydroxylation is 1. The third-order valence-electron chi connectivity index (χ3n) is 4.91. The van der Waals surface area contributed by atoms with E-state index in [-0.39, 0.29) is 17.9 Å². The minimum absolute atomic E-state index is 0.133. The number of carbonyl (C=O) groups is 1. The lowest BCUT2D eigenvalue weighted by atomic mass is 9.91. The average molecular weight is 330 g/mol. The van der Waals surface area contributed by atoms with Crippen LogP contribution >= 0.6 is 0 Å². The molecular weight excluding hydrogens is 308 g/mol. The van der Waals surface area contributed by atoms with E-state index in [9.17, 15) is 4.79 Å². The maximum absolute atomic E-state index is 12.6. The number of ether oxygens (including phenoxy) is 1. The second-order valence-corrected chi connectivity index (χ2v) is 6.65. The van der Waals surface area contributed by atoms with Gasteiger partial charge in [-0.15, -0.1) is 0 Å². The van der Waals surface area contributed by atoms with Crippen molar-refractivity contribution in [1.29, 1.82) is 0 Å². The van der Waals surface area contributed by atoms with Crippen molar-refractivity contribution in [2.75, 3.05) is 19.7 Å². The molecule has 2 aliphatic heterocycles. The van der Waals surface area contributed by atoms with E-state index in [2.05, 4.69) is 15.4 Å². The molecule has 2 aliphatic rings. The standard InChI is InChI=1S/C17H22N4O3/c1-11-8-15(24-20-11)13-9-18-19-16(13)12-4-2-6-21(10-12)17(22)14-5-3-7-23-14/h8-9,12,14H,2-7,10H2,1H3,(H,18,19)/t12-,14+/m1/s1. The van der Waals surface area contributed by atoms with Crippen LogP contribution in [0.3, 0.4) is 0 Å². The molecule has 24 heavy (non-hydrogen) atoms. The molecule has 2 saturated heterocycles. The summed E-state index contributed by atoms with van der Waals surface area (Å²) in [7, 11) is 0. The Kier molecular flexibility index (Phi) is 4.10. The number of rotatable bonds is 3. The number of aromatic amines is 1. The Balaban J connectivity index is 1.52. The average Bonchev–Trinajstić information content (AvgIpc) is 3.35. The van der Waals surface area contributed by atoms with Crippen LogP contribution < -0.4 is 0 Å². The highest BCUT2D eigenvalue weighted by Gasteiger charge is 2.33. The highest BCUT2D eigenvalue weighted by Crippen LogP contribution is 2.33. The van der Waals surface area contributed by atoms with Gasteiger partial charge in [-0.3, -0.25) is 9.89 Å². The topological polar surface area (TPSA) is 84.2 Å². The van der Waals surface area contributed by atoms with Crippen molar-refractivity contribution in [2.45, 2.75) is 44.6 Å². The Bertz CT molecular complexity index is 717. The SMILES string of the molecule is Cc1cc(-c2cn[nH]c2[C@@H]2CCCN(C(=O)[C@@H]3CCCO3)C2)on1. The number of nitrogens with one attached hydrogen (secondary N) is 1. The fraction of sp³-hybridized carbons (Fsp3) is 0.588. The molecule has 128 valence electrons. The summed E-state index contributed by atoms with van der Waals surface area (Å²) >= 11 is 0. The lowest BCUT2D eigenvalue weighted by molar-refractivity contribution is -0.142. The molecule has 0 aromatic carbocycles. The Hall–Kier alpha value is -2.15. The van der Waals surface area contributed by atoms with Crippen LogP contribution in [0.25, 0.3) is 11.3 Å². The van der Waals surface area contributed by atoms with E-state index in [1.165, 1.54) is 0 Å². The molecule has 0 spiro atoms. The van der Waals surface area contributed by atoms with Gasteiger partial charge in [0, 0.05) is 31.7 Å². The number of nitrogens with zero attached hydrogens (tertiary/aromatic N) is 3. The van der Waals surface area contributed by atoms with Crippen LogP contribution in [0.2, 0.25) is 0 Å². The number of hydrogen-bond donors (Lipinski definition) is 1. The van der Waals surface area contributed by atoms with E-state index in [0.29, 0.717) is 13.2 Å². The molecular formula is C17H22N4O3. The Morgan fingerprint density at radius 3 is 3.04 bits per heavy atom. The zero-order valence-corrected chi connectivity index (χ0v) is 13.8. The van der Waals surface area contributed by atoms with Crippen LogP contribution in [0.5, 0.6) is 0 Å². The first-order valence-electron chi connectivity index (χ1n) is 8.59. The number of H-pyrrole nitrogens is 1. The van der Waals surface area contributed by atoms with Gasteiger partial charge in [0.05, 0.1) is 23.1 Å². The summed E-state index contributed by atoms with van der Waals surface area (Å²) in [6, 6.07) is 1.91. The third kappa shape index (κ3) is 2.84. The molecule has 2 aromatic heterocycles. The van der Waals surface area contributed by atoms with Gasteiger partial charge in [0.2, 0.25) is 0 Å². The molecule has 2 fully saturated rings. The third-order valence-corrected chi connectivity index (χ3v) is 4.91. The molecule has 1 amide bonds. The van der Waals surface area contributed by atoms with Gasteiger partial charge < -0.3 is 14.2 Å². The lowest BCUT2D eigenvalue weighted by Crippen LogP contribution is -2.44. The van der Waals surface area contributed by atoms with Gasteiger partial charge in [0.1, 0.15) is 6.10 Å². The maximum Gasteiger partial charge on any atom is 0.251 e. The quantitative estimate of drug-likeness (QED) is 0.933. The largest absolute Gasteiger partial charge is 0.368 e. The van der Waals surface area contributed by atoms with Crippen LogP contribution in [-0.2, 0) is 9.53 Å². The van der Waals surface area contributed by atoms with Crippen LogP contribution in [0.1, 0.15) is 43.0 Å². The summed E-state index contributed by atoms with van der Waals surface area (Å²) < 4.78 is 10.9. The van der Waals surface area contributed by atoms with Gasteiger partial charge in [0.15, 0.2) is 5.76 Å². The second kappa shape index (κ2) is 6.39. The Morgan fingerprint density at radius 2 is 2.29 bits per heavy atom. The number of aromatic nitrogens is 3. The van der Waals surface area contributed by atoms with Crippen LogP contribution in [0.15, 0.2) is 16.8 Å². The minimum atomic E-state index is -0.248. The molecule has 4 heterocycles. The van der Waals surface area contributed by atoms with E-state index >= 15 is 0 Å². The summed E-state index contributed by atoms with van der Waals surface area (Å²) in [5.41, 5.74) is 2.80. The van der Waals surface area contributed by atoms with E-state index in [1.54, 1.807) is 6.20 Å². The molecule has 0 saturated carbocycles. The molecule has 2 aromatic rings. The highest BCUT2D eigenvalue weighted by molar-refractivity contribution is 5.81. The number of hydrogen-bond acceptors (Lipinski definition) is 5. The van der Waals surface area contributed by atoms with E-state index in [1.807, 2.05) is 17.9 Å². The molecule has 0 radical (unpaired) electrons. The van der Waals surface area contributed by atoms with Crippen LogP contribution in [-0.4, -0.2) is 52.0 Å². The van der Waals surface area contributed by atoms with E-state index in [0.717, 1.165) is 54.9 Å². The highest BCUT2D eigenvalue weighted by atomic mass is 16.5. The van der Waals surface area contributed by atoms with E-state index in [4.69, 9.17) is 9.26 Å². The fourth-order valence-corrected chi connectivity index (χ4v) is 3.68. The first kappa shape index (κ1) is 15.4. The second-order valence-electron chi connectivity index (χ2n) is 6.65. The van der Waals surface area contributed by atoms with Gasteiger partial charge in [-0.25, -0.2) is 0 Å². The molecule has 2 atom stereocenters. The summed E-state index contributed by atoms with van der Waals surface area (Å²) in [4.78, 5) is 14.6. The van der Waals surface area contributed by atoms with Crippen molar-refractivity contribution in [2.24, 2.45) is 0 Å². The van der Waals surface area contributed by atoms with Crippen LogP contribution in [0, 0.1) is 6.92 Å². The van der Waals surface area contributed by atoms with Crippen molar-refractivity contribution in [3.05, 3.63) is 23.7 Å². The summed E-state index contributed by atoms with van der Waals surface area (Å²) in [5.74, 6) is 1.08. The molecule has 7 heteroatoms. The van der Waals surface area contributed by atoms with Crippen molar-refractivity contribution in [3.63, 3.8) is 0 Å². The molecule has 4 rings (SSSR count). The zero-order valence-electron chi connectivity index (χ0n) is 13.8. The zero-order chi connectivity index (χ0) is 16.5. The first-order valence-corrected chi connectivity index (χ1v) is 8.59. The molecule has 1 N–H and O–H groups in total. The summed E-state index contributed by atoms with van der Waals surface area (Å²) in [5, 5.41) is 11.3. The Labute approximate surface area is 140 Å². The summed E-state index contributed by atoms with van der Waals surface area (Å²) in [6.45, 7) is 4.10. The van der Waals surface area contributed by atoms with Crippen molar-refractivity contribution < 1.29 is 14.1 Å². The molecule has 7 nitrogen and oxygen atoms in total. The number of carbonyl (C=O) groups excluding carboxylic acids is 1. The van der Waals surface area contributed by atoms with Gasteiger partial charge >= 0.3 is 0 Å². The maximum atomic E-state index is 12.6. The van der Waals surface area contributed by atoms with Crippen molar-refractivity contribution in [1.82, 2.24) is 20.3 Å². The fourth-order valence-electron chi connectivity index (χ4n) is 3.68. The predicted molar refractivity (Wildman–Crippen MR) is 86.4 cm³/mol. The molecule has 0 aliphatic carbocycles. The van der Waals surface area contributed by atoms with Crippen LogP contribution in [0.4, 0.5) is 0 Å². The first-order chi connectivity index (χ1) is 11.7. The van der Waals surface area contributed by atoms with Crippen molar-refractivity contribution in [3.8, 4) is 11.3 Å². The summed E-state index contributed by atoms with van der Waals surface area (Å²) in [6.07, 6.45) is 5.35. The van der Waals surface area contributed by atoms with E-state index < -0.39 is 0 Å². The van der Waals surface area contributed by atoms with Gasteiger partial charge in [-0.2, -0.15) is 5.10 Å². The monoisotopic (exact) mass is 330 g/mol. The number of piperidine rings is 1. The predicted octanol–water partition coefficient (Wildman–Crippen LogP) is 2.26. The lowest BCUT2D eigenvalue weighted by Gasteiger charge is -2.33. The van der Waals surface area contributed by atoms with Gasteiger partial charge in [-0.1, -0.05) is 5.16 Å². The number of amides is 1. The Morgan fingerprint density at radius 1 is 1.38 bits per heavy atom. The molecule has 0 unspecified atom stereocenters. The minimum Gasteiger partial charge on any atom is -0.368 e. The molecule has 0 bridgehead atoms. The van der Waals surface area contributed by atoms with Gasteiger partial charge in [-0.05, 0) is 32.6 Å². The normalized spacial score (nSPS) is 24.5.